The molecule has 0 aromatic heterocycles. The summed E-state index contributed by atoms with van der Waals surface area (Å²) in [6.07, 6.45) is 0. The molecule has 1 nitrogen and oxygen atoms in total. The van der Waals surface area contributed by atoms with Crippen molar-refractivity contribution in [2.75, 3.05) is 5.73 Å². The van der Waals surface area contributed by atoms with Gasteiger partial charge < -0.3 is 18.1 Å². The summed E-state index contributed by atoms with van der Waals surface area (Å²) in [5, 5.41) is 0. The van der Waals surface area contributed by atoms with Gasteiger partial charge in [-0.2, -0.15) is 0 Å². The molecule has 1 aromatic rings. The average Bonchev–Trinajstić information content (AvgIpc) is 1.82. The second-order valence-corrected chi connectivity index (χ2v) is 2.10. The zero-order valence-corrected chi connectivity index (χ0v) is 6.62. The highest BCUT2D eigenvalue weighted by Gasteiger charge is 2.02. The Morgan fingerprint density at radius 1 is 1.36 bits per heavy atom. The first-order chi connectivity index (χ1) is 4.61. The molecule has 1 aromatic carbocycles. The molecule has 4 heteroatoms. The van der Waals surface area contributed by atoms with Crippen molar-refractivity contribution < 1.29 is 22.6 Å². The summed E-state index contributed by atoms with van der Waals surface area (Å²) in [5.41, 5.74) is 5.68. The molecule has 0 radical (unpaired) electrons. The number of halogens is 3. The number of benzene rings is 1. The Kier molecular flexibility index (Phi) is 3.26. The highest BCUT2D eigenvalue weighted by atomic mass is 35.5. The van der Waals surface area contributed by atoms with Crippen LogP contribution in [0.25, 0.3) is 0 Å². The molecule has 0 amide bonds. The van der Waals surface area contributed by atoms with Gasteiger partial charge in [-0.1, -0.05) is 0 Å². The molecule has 11 heavy (non-hydrogen) atoms. The first kappa shape index (κ1) is 10.2. The molecule has 0 aliphatic rings. The first-order valence-electron chi connectivity index (χ1n) is 2.82. The molecule has 0 bridgehead atoms. The van der Waals surface area contributed by atoms with Gasteiger partial charge in [0.05, 0.1) is 0 Å². The Morgan fingerprint density at radius 3 is 2.36 bits per heavy atom. The van der Waals surface area contributed by atoms with E-state index in [1.54, 1.807) is 0 Å². The SMILES string of the molecule is Cc1c(N)cc(F)cc1F.[Cl-].[H+]. The second kappa shape index (κ2) is 3.53. The van der Waals surface area contributed by atoms with Crippen molar-refractivity contribution >= 4 is 5.69 Å². The van der Waals surface area contributed by atoms with E-state index < -0.39 is 11.6 Å². The summed E-state index contributed by atoms with van der Waals surface area (Å²) in [7, 11) is 0. The fourth-order valence-electron chi connectivity index (χ4n) is 0.666. The lowest BCUT2D eigenvalue weighted by Crippen LogP contribution is -3.00. The fourth-order valence-corrected chi connectivity index (χ4v) is 0.666. The van der Waals surface area contributed by atoms with E-state index in [-0.39, 0.29) is 19.5 Å². The monoisotopic (exact) mass is 179 g/mol. The minimum Gasteiger partial charge on any atom is -1.00 e. The maximum Gasteiger partial charge on any atom is 1.00 e. The number of nitrogen functional groups attached to an aromatic ring is 1. The molecule has 62 valence electrons. The number of hydrogen-bond donors (Lipinski definition) is 1. The molecular weight excluding hydrogens is 172 g/mol. The van der Waals surface area contributed by atoms with Gasteiger partial charge in [0.1, 0.15) is 11.6 Å². The summed E-state index contributed by atoms with van der Waals surface area (Å²) in [6, 6.07) is 1.91. The maximum absolute atomic E-state index is 12.5. The van der Waals surface area contributed by atoms with Crippen LogP contribution in [0.1, 0.15) is 6.99 Å². The predicted molar refractivity (Wildman–Crippen MR) is 36.6 cm³/mol. The van der Waals surface area contributed by atoms with E-state index in [4.69, 9.17) is 5.73 Å². The van der Waals surface area contributed by atoms with Crippen molar-refractivity contribution in [2.45, 2.75) is 6.92 Å². The van der Waals surface area contributed by atoms with Crippen LogP contribution in [0.5, 0.6) is 0 Å². The van der Waals surface area contributed by atoms with Crippen LogP contribution in [0, 0.1) is 18.6 Å². The van der Waals surface area contributed by atoms with Crippen LogP contribution in [0.4, 0.5) is 14.5 Å². The van der Waals surface area contributed by atoms with Crippen LogP contribution in [-0.4, -0.2) is 0 Å². The van der Waals surface area contributed by atoms with Crippen molar-refractivity contribution in [3.63, 3.8) is 0 Å². The number of anilines is 1. The minimum absolute atomic E-state index is 0. The third-order valence-corrected chi connectivity index (χ3v) is 1.35. The van der Waals surface area contributed by atoms with E-state index in [0.29, 0.717) is 5.56 Å². The summed E-state index contributed by atoms with van der Waals surface area (Å²) >= 11 is 0. The lowest BCUT2D eigenvalue weighted by atomic mass is 10.2. The van der Waals surface area contributed by atoms with Gasteiger partial charge in [-0.25, -0.2) is 8.78 Å². The molecule has 0 saturated carbocycles. The average molecular weight is 180 g/mol. The number of rotatable bonds is 0. The Labute approximate surface area is 71.1 Å². The van der Waals surface area contributed by atoms with Gasteiger partial charge in [0.25, 0.3) is 0 Å². The topological polar surface area (TPSA) is 26.0 Å². The first-order valence-corrected chi connectivity index (χ1v) is 2.82. The van der Waals surface area contributed by atoms with Gasteiger partial charge in [0.15, 0.2) is 0 Å². The van der Waals surface area contributed by atoms with E-state index >= 15 is 0 Å². The summed E-state index contributed by atoms with van der Waals surface area (Å²) in [4.78, 5) is 0. The molecule has 0 heterocycles. The van der Waals surface area contributed by atoms with Gasteiger partial charge in [-0.3, -0.25) is 0 Å². The molecule has 0 saturated heterocycles. The van der Waals surface area contributed by atoms with E-state index in [1.165, 1.54) is 6.92 Å². The molecule has 0 fully saturated rings. The van der Waals surface area contributed by atoms with Crippen LogP contribution >= 0.6 is 0 Å². The van der Waals surface area contributed by atoms with Crippen LogP contribution in [0.2, 0.25) is 0 Å². The number of hydrogen-bond acceptors (Lipinski definition) is 1. The highest BCUT2D eigenvalue weighted by molar-refractivity contribution is 5.46. The largest absolute Gasteiger partial charge is 1.00 e. The maximum atomic E-state index is 12.5. The Bertz CT molecular complexity index is 245. The summed E-state index contributed by atoms with van der Waals surface area (Å²) < 4.78 is 24.8. The third-order valence-electron chi connectivity index (χ3n) is 1.35. The van der Waals surface area contributed by atoms with E-state index in [1.807, 2.05) is 0 Å². The normalized spacial score (nSPS) is 9.00. The zero-order valence-electron chi connectivity index (χ0n) is 6.87. The van der Waals surface area contributed by atoms with Gasteiger partial charge in [0.2, 0.25) is 0 Å². The van der Waals surface area contributed by atoms with E-state index in [9.17, 15) is 8.78 Å². The Balaban J connectivity index is 0. The molecule has 2 N–H and O–H groups in total. The second-order valence-electron chi connectivity index (χ2n) is 2.10. The van der Waals surface area contributed by atoms with Crippen LogP contribution in [0.3, 0.4) is 0 Å². The van der Waals surface area contributed by atoms with Gasteiger partial charge in [-0.15, -0.1) is 0 Å². The van der Waals surface area contributed by atoms with Crippen LogP contribution in [0.15, 0.2) is 12.1 Å². The predicted octanol–water partition coefficient (Wildman–Crippen LogP) is -1.03. The minimum atomic E-state index is -0.638. The highest BCUT2D eigenvalue weighted by Crippen LogP contribution is 2.15. The molecule has 0 aliphatic carbocycles. The third kappa shape index (κ3) is 2.05. The van der Waals surface area contributed by atoms with E-state index in [2.05, 4.69) is 0 Å². The molecule has 0 spiro atoms. The van der Waals surface area contributed by atoms with Gasteiger partial charge >= 0.3 is 1.43 Å². The fraction of sp³-hybridized carbons (Fsp3) is 0.143. The van der Waals surface area contributed by atoms with Crippen LogP contribution < -0.4 is 18.1 Å². The summed E-state index contributed by atoms with van der Waals surface area (Å²) in [6.45, 7) is 1.50. The number of nitrogens with two attached hydrogens (primary N) is 1. The van der Waals surface area contributed by atoms with Crippen molar-refractivity contribution in [3.05, 3.63) is 29.3 Å². The van der Waals surface area contributed by atoms with Gasteiger partial charge in [-0.05, 0) is 13.0 Å². The summed E-state index contributed by atoms with van der Waals surface area (Å²) in [5.74, 6) is -1.24. The molecule has 0 unspecified atom stereocenters. The van der Waals surface area contributed by atoms with Crippen molar-refractivity contribution in [2.24, 2.45) is 0 Å². The molecule has 0 atom stereocenters. The molecular formula is C7H8ClF2N. The van der Waals surface area contributed by atoms with Crippen molar-refractivity contribution in [1.29, 1.82) is 0 Å². The zero-order chi connectivity index (χ0) is 7.72. The van der Waals surface area contributed by atoms with Gasteiger partial charge in [0, 0.05) is 17.3 Å². The van der Waals surface area contributed by atoms with Crippen molar-refractivity contribution in [1.82, 2.24) is 0 Å². The molecule has 1 rings (SSSR count). The smallest absolute Gasteiger partial charge is 1.00 e. The molecule has 0 aliphatic heterocycles. The quantitative estimate of drug-likeness (QED) is 0.507. The van der Waals surface area contributed by atoms with E-state index in [0.717, 1.165) is 12.1 Å². The Morgan fingerprint density at radius 2 is 1.91 bits per heavy atom. The standard InChI is InChI=1S/C7H7F2N.ClH/c1-4-6(9)2-5(8)3-7(4)10;/h2-3H,10H2,1H3;1H. The van der Waals surface area contributed by atoms with Crippen molar-refractivity contribution in [3.8, 4) is 0 Å². The Hall–Kier alpha value is -0.830. The lowest BCUT2D eigenvalue weighted by Gasteiger charge is -1.99. The lowest BCUT2D eigenvalue weighted by molar-refractivity contribution is -0.00000341. The van der Waals surface area contributed by atoms with Crippen LogP contribution in [-0.2, 0) is 0 Å².